The Bertz CT molecular complexity index is 562. The summed E-state index contributed by atoms with van der Waals surface area (Å²) < 4.78 is 0. The fourth-order valence-electron chi connectivity index (χ4n) is 2.69. The molecule has 1 saturated heterocycles. The van der Waals surface area contributed by atoms with E-state index in [0.717, 1.165) is 37.0 Å². The molecule has 1 aliphatic heterocycles. The van der Waals surface area contributed by atoms with Crippen molar-refractivity contribution in [2.75, 3.05) is 24.5 Å². The van der Waals surface area contributed by atoms with Gasteiger partial charge >= 0.3 is 0 Å². The third-order valence-electron chi connectivity index (χ3n) is 3.63. The number of aryl methyl sites for hydroxylation is 2. The first kappa shape index (κ1) is 13.1. The average molecular weight is 268 g/mol. The molecule has 1 fully saturated rings. The van der Waals surface area contributed by atoms with Crippen molar-refractivity contribution < 1.29 is 0 Å². The van der Waals surface area contributed by atoms with E-state index in [1.807, 2.05) is 19.9 Å². The zero-order chi connectivity index (χ0) is 13.9. The van der Waals surface area contributed by atoms with Gasteiger partial charge in [-0.3, -0.25) is 0 Å². The quantitative estimate of drug-likeness (QED) is 0.907. The van der Waals surface area contributed by atoms with Gasteiger partial charge in [0.05, 0.1) is 0 Å². The summed E-state index contributed by atoms with van der Waals surface area (Å²) in [6.07, 6.45) is 0. The second-order valence-electron chi connectivity index (χ2n) is 5.31. The Balaban J connectivity index is 1.81. The van der Waals surface area contributed by atoms with E-state index in [9.17, 15) is 0 Å². The largest absolute Gasteiger partial charge is 0.338 e. The maximum atomic E-state index is 4.57. The minimum Gasteiger partial charge on any atom is -0.338 e. The van der Waals surface area contributed by atoms with Crippen LogP contribution < -0.4 is 10.2 Å². The maximum absolute atomic E-state index is 4.57. The Kier molecular flexibility index (Phi) is 3.65. The van der Waals surface area contributed by atoms with Crippen LogP contribution in [0.4, 0.5) is 5.95 Å². The minimum absolute atomic E-state index is 0.342. The SMILES string of the molecule is Cc1cc(C)nc(N2CCNC(c3ccccc3)C2)n1. The molecule has 0 bridgehead atoms. The van der Waals surface area contributed by atoms with E-state index >= 15 is 0 Å². The molecule has 0 radical (unpaired) electrons. The molecule has 1 unspecified atom stereocenters. The minimum atomic E-state index is 0.342. The van der Waals surface area contributed by atoms with Gasteiger partial charge in [0.25, 0.3) is 0 Å². The normalized spacial score (nSPS) is 19.1. The van der Waals surface area contributed by atoms with Gasteiger partial charge in [-0.1, -0.05) is 30.3 Å². The van der Waals surface area contributed by atoms with Crippen molar-refractivity contribution in [3.05, 3.63) is 53.3 Å². The highest BCUT2D eigenvalue weighted by atomic mass is 15.3. The number of hydrogen-bond donors (Lipinski definition) is 1. The molecule has 20 heavy (non-hydrogen) atoms. The van der Waals surface area contributed by atoms with Gasteiger partial charge in [0.1, 0.15) is 0 Å². The summed E-state index contributed by atoms with van der Waals surface area (Å²) in [5.41, 5.74) is 3.38. The van der Waals surface area contributed by atoms with Crippen LogP contribution in [0.15, 0.2) is 36.4 Å². The Hall–Kier alpha value is -1.94. The van der Waals surface area contributed by atoms with E-state index in [1.54, 1.807) is 0 Å². The van der Waals surface area contributed by atoms with Gasteiger partial charge in [-0.15, -0.1) is 0 Å². The summed E-state index contributed by atoms with van der Waals surface area (Å²) in [4.78, 5) is 11.4. The van der Waals surface area contributed by atoms with Crippen LogP contribution in [-0.4, -0.2) is 29.6 Å². The number of benzene rings is 1. The van der Waals surface area contributed by atoms with Crippen molar-refractivity contribution in [3.63, 3.8) is 0 Å². The van der Waals surface area contributed by atoms with E-state index in [4.69, 9.17) is 0 Å². The lowest BCUT2D eigenvalue weighted by Crippen LogP contribution is -2.46. The molecular weight excluding hydrogens is 248 g/mol. The number of piperazine rings is 1. The van der Waals surface area contributed by atoms with Crippen LogP contribution in [0.2, 0.25) is 0 Å². The summed E-state index contributed by atoms with van der Waals surface area (Å²) in [5.74, 6) is 0.852. The van der Waals surface area contributed by atoms with E-state index in [2.05, 4.69) is 50.5 Å². The first-order valence-corrected chi connectivity index (χ1v) is 7.08. The summed E-state index contributed by atoms with van der Waals surface area (Å²) in [6, 6.07) is 12.9. The second kappa shape index (κ2) is 5.59. The molecule has 3 rings (SSSR count). The van der Waals surface area contributed by atoms with Gasteiger partial charge in [-0.05, 0) is 25.5 Å². The van der Waals surface area contributed by atoms with E-state index < -0.39 is 0 Å². The fraction of sp³-hybridized carbons (Fsp3) is 0.375. The molecule has 0 spiro atoms. The summed E-state index contributed by atoms with van der Waals surface area (Å²) in [7, 11) is 0. The van der Waals surface area contributed by atoms with Crippen LogP contribution in [-0.2, 0) is 0 Å². The first-order valence-electron chi connectivity index (χ1n) is 7.08. The Morgan fingerprint density at radius 3 is 2.50 bits per heavy atom. The molecule has 1 aliphatic rings. The maximum Gasteiger partial charge on any atom is 0.225 e. The lowest BCUT2D eigenvalue weighted by molar-refractivity contribution is 0.466. The predicted molar refractivity (Wildman–Crippen MR) is 80.9 cm³/mol. The number of hydrogen-bond acceptors (Lipinski definition) is 4. The monoisotopic (exact) mass is 268 g/mol. The molecule has 4 nitrogen and oxygen atoms in total. The molecule has 0 aliphatic carbocycles. The molecule has 1 aromatic heterocycles. The zero-order valence-electron chi connectivity index (χ0n) is 12.0. The lowest BCUT2D eigenvalue weighted by atomic mass is 10.0. The second-order valence-corrected chi connectivity index (χ2v) is 5.31. The van der Waals surface area contributed by atoms with Crippen molar-refractivity contribution in [2.45, 2.75) is 19.9 Å². The molecule has 0 amide bonds. The summed E-state index contributed by atoms with van der Waals surface area (Å²) in [6.45, 7) is 6.86. The molecule has 2 heterocycles. The van der Waals surface area contributed by atoms with Crippen molar-refractivity contribution in [1.29, 1.82) is 0 Å². The number of nitrogens with zero attached hydrogens (tertiary/aromatic N) is 3. The van der Waals surface area contributed by atoms with Crippen LogP contribution in [0.1, 0.15) is 23.0 Å². The molecule has 104 valence electrons. The number of anilines is 1. The van der Waals surface area contributed by atoms with Gasteiger partial charge in [0.2, 0.25) is 5.95 Å². The third-order valence-corrected chi connectivity index (χ3v) is 3.63. The highest BCUT2D eigenvalue weighted by molar-refractivity contribution is 5.35. The Morgan fingerprint density at radius 1 is 1.10 bits per heavy atom. The van der Waals surface area contributed by atoms with Crippen LogP contribution >= 0.6 is 0 Å². The van der Waals surface area contributed by atoms with Crippen LogP contribution in [0, 0.1) is 13.8 Å². The summed E-state index contributed by atoms with van der Waals surface area (Å²) in [5, 5.41) is 3.57. The number of rotatable bonds is 2. The first-order chi connectivity index (χ1) is 9.72. The van der Waals surface area contributed by atoms with Crippen LogP contribution in [0.3, 0.4) is 0 Å². The molecule has 1 N–H and O–H groups in total. The van der Waals surface area contributed by atoms with Gasteiger partial charge in [-0.25, -0.2) is 9.97 Å². The molecular formula is C16H20N4. The van der Waals surface area contributed by atoms with Crippen molar-refractivity contribution in [1.82, 2.24) is 15.3 Å². The molecule has 1 aromatic carbocycles. The Labute approximate surface area is 119 Å². The van der Waals surface area contributed by atoms with Crippen molar-refractivity contribution >= 4 is 5.95 Å². The average Bonchev–Trinajstić information content (AvgIpc) is 2.47. The standard InChI is InChI=1S/C16H20N4/c1-12-10-13(2)19-16(18-12)20-9-8-17-15(11-20)14-6-4-3-5-7-14/h3-7,10,15,17H,8-9,11H2,1-2H3. The van der Waals surface area contributed by atoms with E-state index in [-0.39, 0.29) is 0 Å². The fourth-order valence-corrected chi connectivity index (χ4v) is 2.69. The van der Waals surface area contributed by atoms with Crippen molar-refractivity contribution in [3.8, 4) is 0 Å². The van der Waals surface area contributed by atoms with Gasteiger partial charge in [0, 0.05) is 37.1 Å². The van der Waals surface area contributed by atoms with Crippen LogP contribution in [0.25, 0.3) is 0 Å². The molecule has 0 saturated carbocycles. The molecule has 4 heteroatoms. The number of nitrogens with one attached hydrogen (secondary N) is 1. The zero-order valence-corrected chi connectivity index (χ0v) is 12.0. The lowest BCUT2D eigenvalue weighted by Gasteiger charge is -2.34. The Morgan fingerprint density at radius 2 is 1.80 bits per heavy atom. The number of aromatic nitrogens is 2. The molecule has 2 aromatic rings. The highest BCUT2D eigenvalue weighted by Crippen LogP contribution is 2.20. The van der Waals surface area contributed by atoms with E-state index in [0.29, 0.717) is 6.04 Å². The predicted octanol–water partition coefficient (Wildman–Crippen LogP) is 2.24. The highest BCUT2D eigenvalue weighted by Gasteiger charge is 2.22. The topological polar surface area (TPSA) is 41.1 Å². The van der Waals surface area contributed by atoms with Crippen LogP contribution in [0.5, 0.6) is 0 Å². The smallest absolute Gasteiger partial charge is 0.225 e. The van der Waals surface area contributed by atoms with Gasteiger partial charge < -0.3 is 10.2 Å². The molecule has 1 atom stereocenters. The third kappa shape index (κ3) is 2.80. The van der Waals surface area contributed by atoms with Gasteiger partial charge in [-0.2, -0.15) is 0 Å². The van der Waals surface area contributed by atoms with Gasteiger partial charge in [0.15, 0.2) is 0 Å². The van der Waals surface area contributed by atoms with E-state index in [1.165, 1.54) is 5.56 Å². The summed E-state index contributed by atoms with van der Waals surface area (Å²) >= 11 is 0. The van der Waals surface area contributed by atoms with Crippen molar-refractivity contribution in [2.24, 2.45) is 0 Å².